The lowest BCUT2D eigenvalue weighted by atomic mass is 10.1. The van der Waals surface area contributed by atoms with Gasteiger partial charge in [0.1, 0.15) is 5.82 Å². The number of fused-ring (bicyclic) bond motifs is 1. The van der Waals surface area contributed by atoms with E-state index in [-0.39, 0.29) is 17.9 Å². The molecule has 0 unspecified atom stereocenters. The SMILES string of the molecule is Cc1[nH]c2ccc(F)cc2c1CCNC(=O)NC(C)C. The molecule has 1 heterocycles. The minimum atomic E-state index is -0.247. The van der Waals surface area contributed by atoms with Crippen LogP contribution in [-0.2, 0) is 6.42 Å². The lowest BCUT2D eigenvalue weighted by molar-refractivity contribution is 0.238. The Morgan fingerprint density at radius 1 is 1.40 bits per heavy atom. The Labute approximate surface area is 117 Å². The van der Waals surface area contributed by atoms with Crippen molar-refractivity contribution in [1.82, 2.24) is 15.6 Å². The summed E-state index contributed by atoms with van der Waals surface area (Å²) in [4.78, 5) is 14.7. The number of hydrogen-bond donors (Lipinski definition) is 3. The van der Waals surface area contributed by atoms with Gasteiger partial charge in [-0.2, -0.15) is 0 Å². The van der Waals surface area contributed by atoms with E-state index < -0.39 is 0 Å². The molecule has 1 aromatic carbocycles. The van der Waals surface area contributed by atoms with Crippen LogP contribution in [0.15, 0.2) is 18.2 Å². The first kappa shape index (κ1) is 14.4. The second-order valence-corrected chi connectivity index (χ2v) is 5.22. The molecule has 0 spiro atoms. The summed E-state index contributed by atoms with van der Waals surface area (Å²) in [7, 11) is 0. The number of amides is 2. The van der Waals surface area contributed by atoms with Crippen LogP contribution >= 0.6 is 0 Å². The van der Waals surface area contributed by atoms with E-state index in [1.807, 2.05) is 20.8 Å². The minimum Gasteiger partial charge on any atom is -0.358 e. The van der Waals surface area contributed by atoms with Crippen LogP contribution in [0, 0.1) is 12.7 Å². The highest BCUT2D eigenvalue weighted by atomic mass is 19.1. The van der Waals surface area contributed by atoms with E-state index in [4.69, 9.17) is 0 Å². The molecule has 0 saturated carbocycles. The second kappa shape index (κ2) is 5.94. The van der Waals surface area contributed by atoms with Crippen molar-refractivity contribution in [2.45, 2.75) is 33.2 Å². The Kier molecular flexibility index (Phi) is 4.27. The number of aromatic amines is 1. The van der Waals surface area contributed by atoms with Gasteiger partial charge in [0, 0.05) is 29.2 Å². The van der Waals surface area contributed by atoms with Crippen molar-refractivity contribution in [1.29, 1.82) is 0 Å². The number of rotatable bonds is 4. The summed E-state index contributed by atoms with van der Waals surface area (Å²) >= 11 is 0. The fraction of sp³-hybridized carbons (Fsp3) is 0.400. The lowest BCUT2D eigenvalue weighted by Crippen LogP contribution is -2.40. The van der Waals surface area contributed by atoms with Crippen LogP contribution in [-0.4, -0.2) is 23.6 Å². The van der Waals surface area contributed by atoms with Gasteiger partial charge in [0.2, 0.25) is 0 Å². The maximum absolute atomic E-state index is 13.3. The number of H-pyrrole nitrogens is 1. The van der Waals surface area contributed by atoms with E-state index in [9.17, 15) is 9.18 Å². The summed E-state index contributed by atoms with van der Waals surface area (Å²) in [5, 5.41) is 6.45. The Balaban J connectivity index is 2.04. The van der Waals surface area contributed by atoms with Crippen molar-refractivity contribution in [3.05, 3.63) is 35.3 Å². The highest BCUT2D eigenvalue weighted by Gasteiger charge is 2.10. The summed E-state index contributed by atoms with van der Waals surface area (Å²) in [6.45, 7) is 6.29. The van der Waals surface area contributed by atoms with Crippen LogP contribution in [0.2, 0.25) is 0 Å². The first-order valence-electron chi connectivity index (χ1n) is 6.78. The summed E-state index contributed by atoms with van der Waals surface area (Å²) in [6.07, 6.45) is 0.667. The van der Waals surface area contributed by atoms with Gasteiger partial charge in [-0.1, -0.05) is 0 Å². The number of halogens is 1. The van der Waals surface area contributed by atoms with E-state index in [1.54, 1.807) is 6.07 Å². The zero-order valence-electron chi connectivity index (χ0n) is 12.0. The van der Waals surface area contributed by atoms with E-state index in [0.29, 0.717) is 13.0 Å². The van der Waals surface area contributed by atoms with Crippen LogP contribution in [0.1, 0.15) is 25.1 Å². The number of hydrogen-bond acceptors (Lipinski definition) is 1. The van der Waals surface area contributed by atoms with E-state index in [1.165, 1.54) is 12.1 Å². The highest BCUT2D eigenvalue weighted by molar-refractivity contribution is 5.84. The van der Waals surface area contributed by atoms with Gasteiger partial charge in [0.05, 0.1) is 0 Å². The van der Waals surface area contributed by atoms with E-state index in [0.717, 1.165) is 22.2 Å². The fourth-order valence-electron chi connectivity index (χ4n) is 2.29. The summed E-state index contributed by atoms with van der Waals surface area (Å²) in [5.74, 6) is -0.247. The minimum absolute atomic E-state index is 0.110. The zero-order valence-corrected chi connectivity index (χ0v) is 12.0. The van der Waals surface area contributed by atoms with E-state index in [2.05, 4.69) is 15.6 Å². The molecule has 0 fully saturated rings. The van der Waals surface area contributed by atoms with Crippen LogP contribution < -0.4 is 10.6 Å². The van der Waals surface area contributed by atoms with Crippen LogP contribution in [0.3, 0.4) is 0 Å². The Morgan fingerprint density at radius 2 is 2.15 bits per heavy atom. The highest BCUT2D eigenvalue weighted by Crippen LogP contribution is 2.23. The molecule has 5 heteroatoms. The van der Waals surface area contributed by atoms with Gasteiger partial charge in [0.15, 0.2) is 0 Å². The monoisotopic (exact) mass is 277 g/mol. The molecule has 3 N–H and O–H groups in total. The maximum Gasteiger partial charge on any atom is 0.314 e. The average molecular weight is 277 g/mol. The summed E-state index contributed by atoms with van der Waals surface area (Å²) < 4.78 is 13.3. The molecule has 2 aromatic rings. The van der Waals surface area contributed by atoms with Gasteiger partial charge in [-0.25, -0.2) is 9.18 Å². The third-order valence-corrected chi connectivity index (χ3v) is 3.16. The molecule has 0 saturated heterocycles. The molecule has 0 aliphatic rings. The molecular weight excluding hydrogens is 257 g/mol. The fourth-order valence-corrected chi connectivity index (χ4v) is 2.29. The molecule has 4 nitrogen and oxygen atoms in total. The molecule has 108 valence electrons. The molecule has 1 aromatic heterocycles. The Morgan fingerprint density at radius 3 is 2.85 bits per heavy atom. The van der Waals surface area contributed by atoms with E-state index >= 15 is 0 Å². The van der Waals surface area contributed by atoms with Crippen molar-refractivity contribution in [3.8, 4) is 0 Å². The Bertz CT molecular complexity index is 619. The second-order valence-electron chi connectivity index (χ2n) is 5.22. The topological polar surface area (TPSA) is 56.9 Å². The predicted octanol–water partition coefficient (Wildman–Crippen LogP) is 2.87. The molecule has 0 radical (unpaired) electrons. The van der Waals surface area contributed by atoms with Crippen LogP contribution in [0.5, 0.6) is 0 Å². The number of aryl methyl sites for hydroxylation is 1. The number of aromatic nitrogens is 1. The molecule has 2 rings (SSSR count). The zero-order chi connectivity index (χ0) is 14.7. The van der Waals surface area contributed by atoms with Gasteiger partial charge >= 0.3 is 6.03 Å². The average Bonchev–Trinajstić information content (AvgIpc) is 2.65. The molecule has 0 atom stereocenters. The van der Waals surface area contributed by atoms with Gasteiger partial charge in [-0.15, -0.1) is 0 Å². The van der Waals surface area contributed by atoms with Gasteiger partial charge < -0.3 is 15.6 Å². The molecule has 0 bridgehead atoms. The van der Waals surface area contributed by atoms with Gasteiger partial charge in [-0.05, 0) is 51.0 Å². The third kappa shape index (κ3) is 3.29. The smallest absolute Gasteiger partial charge is 0.314 e. The first-order chi connectivity index (χ1) is 9.47. The normalized spacial score (nSPS) is 11.1. The molecule has 0 aliphatic heterocycles. The molecular formula is C15H20FN3O. The van der Waals surface area contributed by atoms with Gasteiger partial charge in [0.25, 0.3) is 0 Å². The number of carbonyl (C=O) groups is 1. The first-order valence-corrected chi connectivity index (χ1v) is 6.78. The quantitative estimate of drug-likeness (QED) is 0.790. The lowest BCUT2D eigenvalue weighted by Gasteiger charge is -2.10. The van der Waals surface area contributed by atoms with Crippen molar-refractivity contribution in [3.63, 3.8) is 0 Å². The largest absolute Gasteiger partial charge is 0.358 e. The van der Waals surface area contributed by atoms with Crippen molar-refractivity contribution < 1.29 is 9.18 Å². The number of urea groups is 1. The van der Waals surface area contributed by atoms with Crippen molar-refractivity contribution >= 4 is 16.9 Å². The summed E-state index contributed by atoms with van der Waals surface area (Å²) in [5.41, 5.74) is 2.98. The third-order valence-electron chi connectivity index (χ3n) is 3.16. The predicted molar refractivity (Wildman–Crippen MR) is 78.4 cm³/mol. The molecule has 20 heavy (non-hydrogen) atoms. The van der Waals surface area contributed by atoms with Crippen molar-refractivity contribution in [2.75, 3.05) is 6.54 Å². The molecule has 0 aliphatic carbocycles. The Hall–Kier alpha value is -2.04. The number of benzene rings is 1. The van der Waals surface area contributed by atoms with Crippen LogP contribution in [0.25, 0.3) is 10.9 Å². The summed E-state index contributed by atoms with van der Waals surface area (Å²) in [6, 6.07) is 4.64. The standard InChI is InChI=1S/C15H20FN3O/c1-9(2)18-15(20)17-7-6-12-10(3)19-14-5-4-11(16)8-13(12)14/h4-5,8-9,19H,6-7H2,1-3H3,(H2,17,18,20). The number of nitrogens with one attached hydrogen (secondary N) is 3. The number of carbonyl (C=O) groups excluding carboxylic acids is 1. The maximum atomic E-state index is 13.3. The molecule has 2 amide bonds. The van der Waals surface area contributed by atoms with Crippen molar-refractivity contribution in [2.24, 2.45) is 0 Å². The van der Waals surface area contributed by atoms with Crippen LogP contribution in [0.4, 0.5) is 9.18 Å². The van der Waals surface area contributed by atoms with Gasteiger partial charge in [-0.3, -0.25) is 0 Å².